The van der Waals surface area contributed by atoms with Gasteiger partial charge in [-0.3, -0.25) is 15.1 Å². The molecule has 0 spiro atoms. The Morgan fingerprint density at radius 2 is 1.88 bits per heavy atom. The molecule has 0 amide bonds. The zero-order chi connectivity index (χ0) is 29.1. The van der Waals surface area contributed by atoms with Crippen LogP contribution in [0.4, 0.5) is 15.8 Å². The fourth-order valence-electron chi connectivity index (χ4n) is 4.79. The van der Waals surface area contributed by atoms with E-state index in [2.05, 4.69) is 54.1 Å². The number of H-pyrrole nitrogens is 2. The Labute approximate surface area is 239 Å². The van der Waals surface area contributed by atoms with Crippen molar-refractivity contribution >= 4 is 27.9 Å². The number of aromatic amines is 2. The first-order valence-electron chi connectivity index (χ1n) is 13.4. The van der Waals surface area contributed by atoms with Crippen LogP contribution in [0.3, 0.4) is 0 Å². The minimum Gasteiger partial charge on any atom is -0.384 e. The summed E-state index contributed by atoms with van der Waals surface area (Å²) in [6, 6.07) is 11.2. The number of halogens is 1. The molecular weight excluding hydrogens is 515 g/mol. The largest absolute Gasteiger partial charge is 0.384 e. The number of benzene rings is 1. The van der Waals surface area contributed by atoms with Crippen molar-refractivity contribution in [1.29, 1.82) is 0 Å². The molecule has 0 aliphatic heterocycles. The van der Waals surface area contributed by atoms with Gasteiger partial charge in [0.25, 0.3) is 0 Å². The van der Waals surface area contributed by atoms with Gasteiger partial charge in [-0.2, -0.15) is 5.10 Å². The maximum atomic E-state index is 14.7. The van der Waals surface area contributed by atoms with Crippen molar-refractivity contribution in [3.05, 3.63) is 96.4 Å². The van der Waals surface area contributed by atoms with Crippen LogP contribution in [-0.2, 0) is 0 Å². The smallest absolute Gasteiger partial charge is 0.125 e. The van der Waals surface area contributed by atoms with E-state index < -0.39 is 0 Å². The van der Waals surface area contributed by atoms with E-state index >= 15 is 0 Å². The molecule has 9 heteroatoms. The molecule has 41 heavy (non-hydrogen) atoms. The highest BCUT2D eigenvalue weighted by molar-refractivity contribution is 5.95. The van der Waals surface area contributed by atoms with Crippen LogP contribution < -0.4 is 10.2 Å². The summed E-state index contributed by atoms with van der Waals surface area (Å²) >= 11 is 0. The van der Waals surface area contributed by atoms with Crippen LogP contribution in [0.15, 0.2) is 73.7 Å². The molecule has 5 aromatic rings. The molecular formula is C32H35FN8. The molecule has 0 saturated heterocycles. The first-order valence-corrected chi connectivity index (χ1v) is 13.4. The van der Waals surface area contributed by atoms with Gasteiger partial charge in [0.1, 0.15) is 11.5 Å². The van der Waals surface area contributed by atoms with Gasteiger partial charge in [-0.1, -0.05) is 18.7 Å². The lowest BCUT2D eigenvalue weighted by Gasteiger charge is -2.14. The minimum absolute atomic E-state index is 0.302. The Hall–Kier alpha value is -4.76. The van der Waals surface area contributed by atoms with Crippen LogP contribution in [0.25, 0.3) is 39.1 Å². The molecule has 1 aromatic carbocycles. The number of nitrogens with zero attached hydrogens (tertiary/aromatic N) is 5. The van der Waals surface area contributed by atoms with Crippen LogP contribution in [0.1, 0.15) is 16.8 Å². The van der Waals surface area contributed by atoms with Crippen molar-refractivity contribution in [2.24, 2.45) is 0 Å². The third-order valence-electron chi connectivity index (χ3n) is 6.92. The van der Waals surface area contributed by atoms with Gasteiger partial charge < -0.3 is 20.1 Å². The highest BCUT2D eigenvalue weighted by atomic mass is 19.1. The van der Waals surface area contributed by atoms with Crippen LogP contribution in [-0.4, -0.2) is 71.3 Å². The van der Waals surface area contributed by atoms with Gasteiger partial charge in [-0.15, -0.1) is 0 Å². The van der Waals surface area contributed by atoms with Gasteiger partial charge in [-0.05, 0) is 68.6 Å². The number of anilines is 2. The number of rotatable bonds is 10. The lowest BCUT2D eigenvalue weighted by molar-refractivity contribution is 0.425. The first-order chi connectivity index (χ1) is 19.7. The molecule has 5 rings (SSSR count). The predicted molar refractivity (Wildman–Crippen MR) is 167 cm³/mol. The normalized spacial score (nSPS) is 11.8. The second-order valence-electron chi connectivity index (χ2n) is 10.5. The quantitative estimate of drug-likeness (QED) is 0.182. The van der Waals surface area contributed by atoms with E-state index in [4.69, 9.17) is 0 Å². The minimum atomic E-state index is -0.302. The maximum Gasteiger partial charge on any atom is 0.125 e. The molecule has 8 nitrogen and oxygen atoms in total. The fourth-order valence-corrected chi connectivity index (χ4v) is 4.79. The Morgan fingerprint density at radius 3 is 2.63 bits per heavy atom. The number of pyridine rings is 2. The Balaban J connectivity index is 1.52. The molecule has 0 bridgehead atoms. The van der Waals surface area contributed by atoms with Gasteiger partial charge in [-0.25, -0.2) is 4.39 Å². The summed E-state index contributed by atoms with van der Waals surface area (Å²) in [6.45, 7) is 7.47. The second kappa shape index (κ2) is 11.8. The molecule has 3 N–H and O–H groups in total. The number of likely N-dealkylation sites (N-methyl/N-ethyl adjacent to an activating group) is 1. The maximum absolute atomic E-state index is 14.7. The second-order valence-corrected chi connectivity index (χ2v) is 10.5. The standard InChI is InChI=1S/C32H35FN8/c1-7-8-26(21-11-23(33)14-24(12-21)35-9-10-40(3)4)27-15-30(37-20(27)2)32-28-16-29(36-19-31(28)38-39-32)22-13-25(41(5)6)18-34-17-22/h7-8,11-19,35,37H,1,9-10H2,2-6H3,(H,38,39)/b26-8-. The van der Waals surface area contributed by atoms with E-state index in [0.29, 0.717) is 6.54 Å². The average molecular weight is 551 g/mol. The zero-order valence-corrected chi connectivity index (χ0v) is 24.1. The van der Waals surface area contributed by atoms with Crippen LogP contribution in [0.5, 0.6) is 0 Å². The summed E-state index contributed by atoms with van der Waals surface area (Å²) in [5.41, 5.74) is 9.41. The fraction of sp³-hybridized carbons (Fsp3) is 0.219. The number of hydrogen-bond donors (Lipinski definition) is 3. The molecule has 0 atom stereocenters. The van der Waals surface area contributed by atoms with Crippen LogP contribution >= 0.6 is 0 Å². The Morgan fingerprint density at radius 1 is 1.05 bits per heavy atom. The highest BCUT2D eigenvalue weighted by Crippen LogP contribution is 2.35. The Bertz CT molecular complexity index is 1730. The van der Waals surface area contributed by atoms with Crippen molar-refractivity contribution in [1.82, 2.24) is 30.0 Å². The summed E-state index contributed by atoms with van der Waals surface area (Å²) in [5, 5.41) is 12.0. The number of allylic oxidation sites excluding steroid dienone is 2. The van der Waals surface area contributed by atoms with Gasteiger partial charge in [0, 0.05) is 61.3 Å². The zero-order valence-electron chi connectivity index (χ0n) is 24.1. The summed E-state index contributed by atoms with van der Waals surface area (Å²) in [5.74, 6) is -0.302. The van der Waals surface area contributed by atoms with Gasteiger partial charge in [0.2, 0.25) is 0 Å². The molecule has 0 saturated carbocycles. The van der Waals surface area contributed by atoms with Crippen molar-refractivity contribution in [2.45, 2.75) is 6.92 Å². The van der Waals surface area contributed by atoms with E-state index in [1.165, 1.54) is 6.07 Å². The third-order valence-corrected chi connectivity index (χ3v) is 6.92. The number of aryl methyl sites for hydroxylation is 1. The molecule has 4 aromatic heterocycles. The summed E-state index contributed by atoms with van der Waals surface area (Å²) in [7, 11) is 7.99. The molecule has 4 heterocycles. The molecule has 210 valence electrons. The van der Waals surface area contributed by atoms with Crippen LogP contribution in [0, 0.1) is 12.7 Å². The summed E-state index contributed by atoms with van der Waals surface area (Å²) in [4.78, 5) is 16.6. The van der Waals surface area contributed by atoms with Crippen molar-refractivity contribution in [3.8, 4) is 22.6 Å². The molecule has 0 aliphatic carbocycles. The van der Waals surface area contributed by atoms with E-state index in [1.807, 2.05) is 70.6 Å². The monoisotopic (exact) mass is 550 g/mol. The lowest BCUT2D eigenvalue weighted by Crippen LogP contribution is -2.20. The van der Waals surface area contributed by atoms with Crippen molar-refractivity contribution in [2.75, 3.05) is 51.5 Å². The Kier molecular flexibility index (Phi) is 7.98. The van der Waals surface area contributed by atoms with E-state index in [1.54, 1.807) is 18.3 Å². The molecule has 0 aliphatic rings. The van der Waals surface area contributed by atoms with Crippen molar-refractivity contribution in [3.63, 3.8) is 0 Å². The topological polar surface area (TPSA) is 88.8 Å². The third kappa shape index (κ3) is 6.05. The number of fused-ring (bicyclic) bond motifs is 1. The molecule has 0 unspecified atom stereocenters. The van der Waals surface area contributed by atoms with E-state index in [0.717, 1.165) is 73.9 Å². The SMILES string of the molecule is C=C/C=C(/c1cc(F)cc(NCCN(C)C)c1)c1cc(-c2n[nH]c3cnc(-c4cncc(N(C)C)c4)cc23)[nH]c1C. The first kappa shape index (κ1) is 27.8. The highest BCUT2D eigenvalue weighted by Gasteiger charge is 2.18. The molecule has 0 radical (unpaired) electrons. The average Bonchev–Trinajstić information content (AvgIpc) is 3.54. The number of nitrogens with one attached hydrogen (secondary N) is 3. The van der Waals surface area contributed by atoms with Gasteiger partial charge in [0.15, 0.2) is 0 Å². The van der Waals surface area contributed by atoms with E-state index in [-0.39, 0.29) is 5.82 Å². The number of hydrogen-bond acceptors (Lipinski definition) is 6. The molecule has 0 fully saturated rings. The van der Waals surface area contributed by atoms with Crippen LogP contribution in [0.2, 0.25) is 0 Å². The van der Waals surface area contributed by atoms with E-state index in [9.17, 15) is 4.39 Å². The predicted octanol–water partition coefficient (Wildman–Crippen LogP) is 6.12. The lowest BCUT2D eigenvalue weighted by atomic mass is 9.96. The van der Waals surface area contributed by atoms with Gasteiger partial charge in [0.05, 0.1) is 35.0 Å². The number of aromatic nitrogens is 5. The summed E-state index contributed by atoms with van der Waals surface area (Å²) in [6.07, 6.45) is 9.06. The summed E-state index contributed by atoms with van der Waals surface area (Å²) < 4.78 is 14.7. The van der Waals surface area contributed by atoms with Crippen molar-refractivity contribution < 1.29 is 4.39 Å². The van der Waals surface area contributed by atoms with Gasteiger partial charge >= 0.3 is 0 Å².